The second-order valence-electron chi connectivity index (χ2n) is 5.24. The Morgan fingerprint density at radius 2 is 2.11 bits per heavy atom. The Kier molecular flexibility index (Phi) is 4.91. The lowest BCUT2D eigenvalue weighted by Crippen LogP contribution is -2.40. The summed E-state index contributed by atoms with van der Waals surface area (Å²) in [6.45, 7) is 0.649. The molecule has 104 valence electrons. The maximum Gasteiger partial charge on any atom is 0.269 e. The fraction of sp³-hybridized carbons (Fsp3) is 0.571. The fourth-order valence-electron chi connectivity index (χ4n) is 2.53. The first-order valence-electron chi connectivity index (χ1n) is 6.61. The molecule has 3 nitrogen and oxygen atoms in total. The van der Waals surface area contributed by atoms with Crippen LogP contribution in [0.5, 0.6) is 0 Å². The molecule has 1 aliphatic carbocycles. The maximum absolute atomic E-state index is 12.7. The summed E-state index contributed by atoms with van der Waals surface area (Å²) >= 11 is 3.57. The summed E-state index contributed by atoms with van der Waals surface area (Å²) < 4.78 is 12.7. The van der Waals surface area contributed by atoms with Crippen LogP contribution in [0.15, 0.2) is 18.3 Å². The summed E-state index contributed by atoms with van der Waals surface area (Å²) in [5.74, 6) is -0.661. The second kappa shape index (κ2) is 6.46. The molecule has 1 N–H and O–H groups in total. The number of hydrogen-bond donors (Lipinski definition) is 1. The van der Waals surface area contributed by atoms with Crippen molar-refractivity contribution in [3.63, 3.8) is 0 Å². The quantitative estimate of drug-likeness (QED) is 0.861. The molecule has 1 saturated carbocycles. The largest absolute Gasteiger partial charge is 0.350 e. The van der Waals surface area contributed by atoms with Gasteiger partial charge in [-0.15, -0.1) is 0 Å². The maximum atomic E-state index is 12.7. The Hall–Kier alpha value is -0.970. The molecule has 0 aromatic carbocycles. The molecule has 0 atom stereocenters. The molecule has 0 aliphatic heterocycles. The highest BCUT2D eigenvalue weighted by Gasteiger charge is 2.31. The van der Waals surface area contributed by atoms with Gasteiger partial charge in [-0.3, -0.25) is 4.79 Å². The van der Waals surface area contributed by atoms with Gasteiger partial charge >= 0.3 is 0 Å². The van der Waals surface area contributed by atoms with Gasteiger partial charge in [-0.25, -0.2) is 9.37 Å². The van der Waals surface area contributed by atoms with E-state index in [1.165, 1.54) is 31.4 Å². The minimum atomic E-state index is -0.430. The first-order chi connectivity index (χ1) is 9.15. The molecule has 1 amide bonds. The van der Waals surface area contributed by atoms with Crippen molar-refractivity contribution in [2.45, 2.75) is 32.1 Å². The molecular formula is C14H18BrFN2O. The number of halogens is 2. The van der Waals surface area contributed by atoms with Crippen molar-refractivity contribution in [1.29, 1.82) is 0 Å². The van der Waals surface area contributed by atoms with Gasteiger partial charge in [0.25, 0.3) is 5.91 Å². The van der Waals surface area contributed by atoms with Crippen molar-refractivity contribution < 1.29 is 9.18 Å². The monoisotopic (exact) mass is 328 g/mol. The Bertz CT molecular complexity index is 430. The van der Waals surface area contributed by atoms with Crippen molar-refractivity contribution in [3.05, 3.63) is 29.8 Å². The molecule has 1 aliphatic rings. The number of nitrogens with one attached hydrogen (secondary N) is 1. The summed E-state index contributed by atoms with van der Waals surface area (Å²) in [7, 11) is 0. The van der Waals surface area contributed by atoms with Crippen molar-refractivity contribution in [1.82, 2.24) is 10.3 Å². The number of rotatable bonds is 4. The fourth-order valence-corrected chi connectivity index (χ4v) is 3.29. The van der Waals surface area contributed by atoms with Crippen LogP contribution >= 0.6 is 15.9 Å². The van der Waals surface area contributed by atoms with E-state index in [2.05, 4.69) is 26.2 Å². The van der Waals surface area contributed by atoms with E-state index in [1.807, 2.05) is 0 Å². The molecule has 0 saturated heterocycles. The molecule has 1 aromatic heterocycles. The number of nitrogens with zero attached hydrogens (tertiary/aromatic N) is 1. The second-order valence-corrected chi connectivity index (χ2v) is 5.80. The summed E-state index contributed by atoms with van der Waals surface area (Å²) in [6.07, 6.45) is 7.05. The molecule has 0 spiro atoms. The third-order valence-corrected chi connectivity index (χ3v) is 4.97. The van der Waals surface area contributed by atoms with E-state index >= 15 is 0 Å². The number of carbonyl (C=O) groups is 1. The SMILES string of the molecule is O=C(NCC1(CBr)CCCCC1)c1ccc(F)cn1. The Balaban J connectivity index is 1.93. The van der Waals surface area contributed by atoms with Crippen LogP contribution in [-0.2, 0) is 0 Å². The van der Waals surface area contributed by atoms with Crippen LogP contribution in [0, 0.1) is 11.2 Å². The zero-order chi connectivity index (χ0) is 13.7. The summed E-state index contributed by atoms with van der Waals surface area (Å²) in [6, 6.07) is 2.66. The van der Waals surface area contributed by atoms with Gasteiger partial charge in [-0.05, 0) is 30.4 Å². The van der Waals surface area contributed by atoms with Gasteiger partial charge < -0.3 is 5.32 Å². The first kappa shape index (κ1) is 14.4. The smallest absolute Gasteiger partial charge is 0.269 e. The van der Waals surface area contributed by atoms with E-state index in [-0.39, 0.29) is 17.0 Å². The van der Waals surface area contributed by atoms with Crippen molar-refractivity contribution in [3.8, 4) is 0 Å². The third-order valence-electron chi connectivity index (χ3n) is 3.78. The van der Waals surface area contributed by atoms with Gasteiger partial charge in [-0.2, -0.15) is 0 Å². The number of aromatic nitrogens is 1. The number of pyridine rings is 1. The van der Waals surface area contributed by atoms with Crippen LogP contribution in [0.25, 0.3) is 0 Å². The minimum Gasteiger partial charge on any atom is -0.350 e. The van der Waals surface area contributed by atoms with Crippen LogP contribution in [0.3, 0.4) is 0 Å². The van der Waals surface area contributed by atoms with E-state index in [4.69, 9.17) is 0 Å². The first-order valence-corrected chi connectivity index (χ1v) is 7.73. The number of hydrogen-bond acceptors (Lipinski definition) is 2. The highest BCUT2D eigenvalue weighted by Crippen LogP contribution is 2.37. The molecule has 0 unspecified atom stereocenters. The molecule has 0 bridgehead atoms. The molecule has 19 heavy (non-hydrogen) atoms. The number of carbonyl (C=O) groups excluding carboxylic acids is 1. The van der Waals surface area contributed by atoms with E-state index in [9.17, 15) is 9.18 Å². The normalized spacial score (nSPS) is 18.0. The summed E-state index contributed by atoms with van der Waals surface area (Å²) in [5, 5.41) is 3.83. The molecule has 2 rings (SSSR count). The predicted molar refractivity (Wildman–Crippen MR) is 75.8 cm³/mol. The lowest BCUT2D eigenvalue weighted by atomic mass is 9.75. The van der Waals surface area contributed by atoms with Crippen LogP contribution in [-0.4, -0.2) is 22.8 Å². The number of alkyl halides is 1. The van der Waals surface area contributed by atoms with E-state index in [0.29, 0.717) is 6.54 Å². The topological polar surface area (TPSA) is 42.0 Å². The van der Waals surface area contributed by atoms with Crippen LogP contribution in [0.2, 0.25) is 0 Å². The zero-order valence-corrected chi connectivity index (χ0v) is 12.4. The summed E-state index contributed by atoms with van der Waals surface area (Å²) in [4.78, 5) is 15.7. The third kappa shape index (κ3) is 3.75. The molecule has 1 heterocycles. The molecule has 5 heteroatoms. The Morgan fingerprint density at radius 3 is 2.68 bits per heavy atom. The van der Waals surface area contributed by atoms with Gasteiger partial charge in [0.2, 0.25) is 0 Å². The van der Waals surface area contributed by atoms with E-state index in [0.717, 1.165) is 24.4 Å². The Labute approximate surface area is 121 Å². The van der Waals surface area contributed by atoms with Gasteiger partial charge in [0.1, 0.15) is 11.5 Å². The average molecular weight is 329 g/mol. The molecular weight excluding hydrogens is 311 g/mol. The average Bonchev–Trinajstić information content (AvgIpc) is 2.46. The molecule has 0 radical (unpaired) electrons. The van der Waals surface area contributed by atoms with Gasteiger partial charge in [0.15, 0.2) is 0 Å². The summed E-state index contributed by atoms with van der Waals surface area (Å²) in [5.41, 5.74) is 0.426. The lowest BCUT2D eigenvalue weighted by molar-refractivity contribution is 0.0917. The van der Waals surface area contributed by atoms with Gasteiger partial charge in [-0.1, -0.05) is 35.2 Å². The van der Waals surface area contributed by atoms with Gasteiger partial charge in [0.05, 0.1) is 6.20 Å². The van der Waals surface area contributed by atoms with Crippen molar-refractivity contribution in [2.24, 2.45) is 5.41 Å². The van der Waals surface area contributed by atoms with Crippen LogP contribution in [0.1, 0.15) is 42.6 Å². The van der Waals surface area contributed by atoms with Gasteiger partial charge in [0, 0.05) is 11.9 Å². The molecule has 1 aromatic rings. The lowest BCUT2D eigenvalue weighted by Gasteiger charge is -2.35. The van der Waals surface area contributed by atoms with Crippen molar-refractivity contribution >= 4 is 21.8 Å². The molecule has 1 fully saturated rings. The standard InChI is InChI=1S/C14H18BrFN2O/c15-9-14(6-2-1-3-7-14)10-18-13(19)12-5-4-11(16)8-17-12/h4-5,8H,1-3,6-7,9-10H2,(H,18,19). The predicted octanol–water partition coefficient (Wildman–Crippen LogP) is 3.30. The minimum absolute atomic E-state index is 0.161. The number of amides is 1. The zero-order valence-electron chi connectivity index (χ0n) is 10.8. The van der Waals surface area contributed by atoms with E-state index < -0.39 is 5.82 Å². The van der Waals surface area contributed by atoms with Crippen molar-refractivity contribution in [2.75, 3.05) is 11.9 Å². The van der Waals surface area contributed by atoms with Crippen LogP contribution in [0.4, 0.5) is 4.39 Å². The highest BCUT2D eigenvalue weighted by molar-refractivity contribution is 9.09. The Morgan fingerprint density at radius 1 is 1.37 bits per heavy atom. The van der Waals surface area contributed by atoms with Crippen LogP contribution < -0.4 is 5.32 Å². The van der Waals surface area contributed by atoms with E-state index in [1.54, 1.807) is 0 Å². The highest BCUT2D eigenvalue weighted by atomic mass is 79.9.